The molecule has 1 unspecified atom stereocenters. The van der Waals surface area contributed by atoms with Crippen LogP contribution in [0.3, 0.4) is 0 Å². The Hall–Kier alpha value is -1.59. The number of rotatable bonds is 6. The maximum absolute atomic E-state index is 11.7. The number of methoxy groups -OCH3 is 1. The van der Waals surface area contributed by atoms with Crippen LogP contribution in [0.5, 0.6) is 5.75 Å². The van der Waals surface area contributed by atoms with Gasteiger partial charge in [-0.1, -0.05) is 6.07 Å². The third-order valence-electron chi connectivity index (χ3n) is 3.32. The smallest absolute Gasteiger partial charge is 0.341 e. The van der Waals surface area contributed by atoms with Crippen LogP contribution < -0.4 is 4.74 Å². The van der Waals surface area contributed by atoms with Gasteiger partial charge in [0.1, 0.15) is 17.9 Å². The number of benzene rings is 1. The van der Waals surface area contributed by atoms with E-state index in [0.717, 1.165) is 31.4 Å². The zero-order chi connectivity index (χ0) is 15.1. The molecule has 0 N–H and O–H groups in total. The molecule has 1 fully saturated rings. The Bertz CT molecular complexity index is 466. The van der Waals surface area contributed by atoms with Gasteiger partial charge in [-0.3, -0.25) is 0 Å². The molecule has 116 valence electrons. The maximum atomic E-state index is 11.7. The van der Waals surface area contributed by atoms with Gasteiger partial charge in [0.25, 0.3) is 0 Å². The average Bonchev–Trinajstić information content (AvgIpc) is 2.52. The number of esters is 1. The van der Waals surface area contributed by atoms with Crippen LogP contribution >= 0.6 is 0 Å². The Labute approximate surface area is 125 Å². The average molecular weight is 294 g/mol. The highest BCUT2D eigenvalue weighted by molar-refractivity contribution is 5.92. The molecule has 0 aromatic heterocycles. The first-order valence-electron chi connectivity index (χ1n) is 7.25. The third kappa shape index (κ3) is 4.72. The number of carbonyl (C=O) groups excluding carboxylic acids is 1. The summed E-state index contributed by atoms with van der Waals surface area (Å²) >= 11 is 0. The summed E-state index contributed by atoms with van der Waals surface area (Å²) in [6.07, 6.45) is 3.04. The molecule has 0 aliphatic carbocycles. The van der Waals surface area contributed by atoms with Gasteiger partial charge in [-0.25, -0.2) is 4.79 Å². The van der Waals surface area contributed by atoms with E-state index < -0.39 is 5.97 Å². The topological polar surface area (TPSA) is 54.0 Å². The molecule has 1 aliphatic rings. The van der Waals surface area contributed by atoms with Crippen molar-refractivity contribution >= 4 is 5.97 Å². The summed E-state index contributed by atoms with van der Waals surface area (Å²) in [6.45, 7) is 3.50. The number of aryl methyl sites for hydroxylation is 1. The summed E-state index contributed by atoms with van der Waals surface area (Å²) in [7, 11) is 1.36. The number of carbonyl (C=O) groups is 1. The third-order valence-corrected chi connectivity index (χ3v) is 3.32. The van der Waals surface area contributed by atoms with E-state index in [-0.39, 0.29) is 6.29 Å². The molecule has 1 aromatic rings. The molecule has 0 bridgehead atoms. The maximum Gasteiger partial charge on any atom is 0.341 e. The zero-order valence-corrected chi connectivity index (χ0v) is 12.6. The molecule has 1 aliphatic heterocycles. The normalized spacial score (nSPS) is 18.3. The number of hydrogen-bond donors (Lipinski definition) is 0. The molecule has 1 aromatic carbocycles. The summed E-state index contributed by atoms with van der Waals surface area (Å²) in [4.78, 5) is 11.7. The molecule has 0 saturated carbocycles. The molecule has 5 heteroatoms. The van der Waals surface area contributed by atoms with Crippen molar-refractivity contribution in [2.75, 3.05) is 26.9 Å². The van der Waals surface area contributed by atoms with Gasteiger partial charge in [-0.05, 0) is 43.9 Å². The quantitative estimate of drug-likeness (QED) is 0.596. The van der Waals surface area contributed by atoms with Gasteiger partial charge in [-0.15, -0.1) is 0 Å². The molecule has 5 nitrogen and oxygen atoms in total. The minimum atomic E-state index is -0.401. The molecule has 0 radical (unpaired) electrons. The Morgan fingerprint density at radius 1 is 1.33 bits per heavy atom. The van der Waals surface area contributed by atoms with E-state index >= 15 is 0 Å². The fourth-order valence-electron chi connectivity index (χ4n) is 2.20. The van der Waals surface area contributed by atoms with Crippen LogP contribution in [0.25, 0.3) is 0 Å². The van der Waals surface area contributed by atoms with Gasteiger partial charge >= 0.3 is 5.97 Å². The number of hydrogen-bond acceptors (Lipinski definition) is 5. The lowest BCUT2D eigenvalue weighted by molar-refractivity contribution is -0.165. The van der Waals surface area contributed by atoms with Crippen molar-refractivity contribution in [2.24, 2.45) is 0 Å². The SMILES string of the molecule is COC(=O)c1ccc(C)cc1OCCOC1CCCCO1. The minimum Gasteiger partial charge on any atom is -0.490 e. The van der Waals surface area contributed by atoms with Crippen LogP contribution in [-0.2, 0) is 14.2 Å². The zero-order valence-electron chi connectivity index (χ0n) is 12.6. The van der Waals surface area contributed by atoms with Gasteiger partial charge in [0, 0.05) is 6.61 Å². The first-order valence-corrected chi connectivity index (χ1v) is 7.25. The minimum absolute atomic E-state index is 0.125. The van der Waals surface area contributed by atoms with Gasteiger partial charge in [0.2, 0.25) is 0 Å². The van der Waals surface area contributed by atoms with Crippen LogP contribution in [0, 0.1) is 6.92 Å². The molecular weight excluding hydrogens is 272 g/mol. The molecule has 1 atom stereocenters. The highest BCUT2D eigenvalue weighted by Crippen LogP contribution is 2.21. The summed E-state index contributed by atoms with van der Waals surface area (Å²) in [5, 5.41) is 0. The standard InChI is InChI=1S/C16H22O5/c1-12-6-7-13(16(17)18-2)14(11-12)19-9-10-21-15-5-3-4-8-20-15/h6-7,11,15H,3-5,8-10H2,1-2H3. The molecule has 2 rings (SSSR count). The fraction of sp³-hybridized carbons (Fsp3) is 0.562. The molecule has 0 spiro atoms. The van der Waals surface area contributed by atoms with E-state index in [9.17, 15) is 4.79 Å². The summed E-state index contributed by atoms with van der Waals surface area (Å²) in [5.41, 5.74) is 1.45. The van der Waals surface area contributed by atoms with Crippen molar-refractivity contribution in [1.82, 2.24) is 0 Å². The van der Waals surface area contributed by atoms with Gasteiger partial charge < -0.3 is 18.9 Å². The van der Waals surface area contributed by atoms with Crippen molar-refractivity contribution in [1.29, 1.82) is 0 Å². The molecular formula is C16H22O5. The Morgan fingerprint density at radius 2 is 2.19 bits per heavy atom. The highest BCUT2D eigenvalue weighted by atomic mass is 16.7. The summed E-state index contributed by atoms with van der Waals surface area (Å²) in [6, 6.07) is 5.39. The predicted molar refractivity (Wildman–Crippen MR) is 77.6 cm³/mol. The lowest BCUT2D eigenvalue weighted by Gasteiger charge is -2.22. The highest BCUT2D eigenvalue weighted by Gasteiger charge is 2.15. The first-order chi connectivity index (χ1) is 10.2. The largest absolute Gasteiger partial charge is 0.490 e. The van der Waals surface area contributed by atoms with Crippen LogP contribution in [0.4, 0.5) is 0 Å². The molecule has 0 amide bonds. The van der Waals surface area contributed by atoms with E-state index in [2.05, 4.69) is 0 Å². The second-order valence-corrected chi connectivity index (χ2v) is 5.01. The molecule has 1 saturated heterocycles. The van der Waals surface area contributed by atoms with E-state index in [1.165, 1.54) is 7.11 Å². The Kier molecular flexibility index (Phi) is 6.02. The van der Waals surface area contributed by atoms with Crippen molar-refractivity contribution < 1.29 is 23.7 Å². The van der Waals surface area contributed by atoms with Crippen molar-refractivity contribution in [2.45, 2.75) is 32.5 Å². The van der Waals surface area contributed by atoms with Gasteiger partial charge in [0.05, 0.1) is 13.7 Å². The van der Waals surface area contributed by atoms with E-state index in [4.69, 9.17) is 18.9 Å². The second kappa shape index (κ2) is 8.00. The first kappa shape index (κ1) is 15.8. The van der Waals surface area contributed by atoms with Crippen LogP contribution in [0.2, 0.25) is 0 Å². The van der Waals surface area contributed by atoms with Crippen molar-refractivity contribution in [3.8, 4) is 5.75 Å². The van der Waals surface area contributed by atoms with E-state index in [0.29, 0.717) is 24.5 Å². The summed E-state index contributed by atoms with van der Waals surface area (Å²) < 4.78 is 21.5. The molecule has 21 heavy (non-hydrogen) atoms. The second-order valence-electron chi connectivity index (χ2n) is 5.01. The lowest BCUT2D eigenvalue weighted by Crippen LogP contribution is -2.24. The van der Waals surface area contributed by atoms with E-state index in [1.54, 1.807) is 6.07 Å². The van der Waals surface area contributed by atoms with Crippen LogP contribution in [0.1, 0.15) is 35.2 Å². The van der Waals surface area contributed by atoms with Crippen molar-refractivity contribution in [3.05, 3.63) is 29.3 Å². The van der Waals surface area contributed by atoms with Gasteiger partial charge in [0.15, 0.2) is 6.29 Å². The summed E-state index contributed by atoms with van der Waals surface area (Å²) in [5.74, 6) is 0.122. The van der Waals surface area contributed by atoms with E-state index in [1.807, 2.05) is 19.1 Å². The monoisotopic (exact) mass is 294 g/mol. The fourth-order valence-corrected chi connectivity index (χ4v) is 2.20. The van der Waals surface area contributed by atoms with Crippen molar-refractivity contribution in [3.63, 3.8) is 0 Å². The Balaban J connectivity index is 1.84. The Morgan fingerprint density at radius 3 is 2.90 bits per heavy atom. The molecule has 1 heterocycles. The predicted octanol–water partition coefficient (Wildman–Crippen LogP) is 2.70. The van der Waals surface area contributed by atoms with Crippen LogP contribution in [-0.4, -0.2) is 39.2 Å². The number of ether oxygens (including phenoxy) is 4. The van der Waals surface area contributed by atoms with Gasteiger partial charge in [-0.2, -0.15) is 0 Å². The lowest BCUT2D eigenvalue weighted by atomic mass is 10.1. The van der Waals surface area contributed by atoms with Crippen LogP contribution in [0.15, 0.2) is 18.2 Å².